The number of amides is 2. The van der Waals surface area contributed by atoms with E-state index in [1.165, 1.54) is 11.3 Å². The molecule has 27 heavy (non-hydrogen) atoms. The van der Waals surface area contributed by atoms with Crippen LogP contribution in [-0.2, 0) is 24.8 Å². The second-order valence-corrected chi connectivity index (χ2v) is 7.84. The van der Waals surface area contributed by atoms with E-state index in [1.807, 2.05) is 0 Å². The largest absolute Gasteiger partial charge is 0.332 e. The second kappa shape index (κ2) is 7.00. The zero-order chi connectivity index (χ0) is 19.0. The Labute approximate surface area is 160 Å². The molecular formula is C17H19N7O2S. The molecule has 4 heterocycles. The number of rotatable bonds is 3. The quantitative estimate of drug-likeness (QED) is 0.784. The number of thiazole rings is 1. The van der Waals surface area contributed by atoms with E-state index in [1.54, 1.807) is 33.8 Å². The number of carbonyl (C=O) groups excluding carboxylic acids is 2. The Bertz CT molecular complexity index is 928. The van der Waals surface area contributed by atoms with Gasteiger partial charge in [-0.2, -0.15) is 10.4 Å². The summed E-state index contributed by atoms with van der Waals surface area (Å²) in [6.07, 6.45) is 5.16. The predicted molar refractivity (Wildman–Crippen MR) is 97.7 cm³/mol. The molecule has 1 fully saturated rings. The minimum atomic E-state index is -0.187. The third-order valence-corrected chi connectivity index (χ3v) is 5.88. The van der Waals surface area contributed by atoms with Crippen molar-refractivity contribution >= 4 is 28.3 Å². The van der Waals surface area contributed by atoms with Crippen molar-refractivity contribution in [2.45, 2.75) is 19.4 Å². The van der Waals surface area contributed by atoms with Crippen LogP contribution in [0.4, 0.5) is 5.13 Å². The number of anilines is 1. The molecule has 0 radical (unpaired) electrons. The molecule has 2 aromatic rings. The van der Waals surface area contributed by atoms with Crippen molar-refractivity contribution in [3.63, 3.8) is 0 Å². The van der Waals surface area contributed by atoms with Gasteiger partial charge in [0.2, 0.25) is 5.91 Å². The fraction of sp³-hybridized carbons (Fsp3) is 0.471. The van der Waals surface area contributed by atoms with Gasteiger partial charge in [-0.05, 0) is 12.5 Å². The minimum Gasteiger partial charge on any atom is -0.332 e. The topological polar surface area (TPSA) is 107 Å². The van der Waals surface area contributed by atoms with Gasteiger partial charge >= 0.3 is 0 Å². The van der Waals surface area contributed by atoms with Crippen LogP contribution in [0.5, 0.6) is 0 Å². The Morgan fingerprint density at radius 3 is 2.96 bits per heavy atom. The Hall–Kier alpha value is -2.93. The minimum absolute atomic E-state index is 0.0946. The molecule has 0 saturated carbocycles. The summed E-state index contributed by atoms with van der Waals surface area (Å²) in [4.78, 5) is 33.8. The summed E-state index contributed by atoms with van der Waals surface area (Å²) in [7, 11) is 1.78. The first kappa shape index (κ1) is 17.5. The van der Waals surface area contributed by atoms with Crippen molar-refractivity contribution in [1.82, 2.24) is 24.6 Å². The average Bonchev–Trinajstić information content (AvgIpc) is 3.39. The molecule has 10 heteroatoms. The van der Waals surface area contributed by atoms with E-state index in [4.69, 9.17) is 5.26 Å². The Morgan fingerprint density at radius 2 is 2.26 bits per heavy atom. The van der Waals surface area contributed by atoms with Gasteiger partial charge in [0.1, 0.15) is 5.69 Å². The molecule has 0 spiro atoms. The summed E-state index contributed by atoms with van der Waals surface area (Å²) >= 11 is 1.41. The van der Waals surface area contributed by atoms with Crippen LogP contribution in [0.1, 0.15) is 27.5 Å². The zero-order valence-corrected chi connectivity index (χ0v) is 15.7. The molecule has 1 atom stereocenters. The molecule has 2 aliphatic heterocycles. The molecule has 1 N–H and O–H groups in total. The van der Waals surface area contributed by atoms with E-state index >= 15 is 0 Å². The van der Waals surface area contributed by atoms with Crippen LogP contribution in [0.25, 0.3) is 0 Å². The van der Waals surface area contributed by atoms with E-state index in [0.717, 1.165) is 10.6 Å². The third-order valence-electron chi connectivity index (χ3n) is 4.88. The normalized spacial score (nSPS) is 18.9. The van der Waals surface area contributed by atoms with E-state index in [2.05, 4.69) is 21.6 Å². The Morgan fingerprint density at radius 1 is 1.41 bits per heavy atom. The molecule has 2 aliphatic rings. The molecule has 4 rings (SSSR count). The van der Waals surface area contributed by atoms with Gasteiger partial charge in [-0.25, -0.2) is 4.98 Å². The van der Waals surface area contributed by atoms with Crippen molar-refractivity contribution in [1.29, 1.82) is 5.26 Å². The lowest BCUT2D eigenvalue weighted by Crippen LogP contribution is -2.35. The van der Waals surface area contributed by atoms with Crippen molar-refractivity contribution in [2.24, 2.45) is 13.0 Å². The average molecular weight is 385 g/mol. The van der Waals surface area contributed by atoms with Gasteiger partial charge in [0, 0.05) is 44.2 Å². The van der Waals surface area contributed by atoms with Crippen molar-refractivity contribution in [3.05, 3.63) is 28.5 Å². The number of nitrogens with one attached hydrogen (secondary N) is 1. The molecule has 0 aliphatic carbocycles. The molecule has 1 saturated heterocycles. The van der Waals surface area contributed by atoms with Crippen LogP contribution in [0.3, 0.4) is 0 Å². The van der Waals surface area contributed by atoms with Gasteiger partial charge in [0.15, 0.2) is 11.3 Å². The number of aromatic nitrogens is 3. The van der Waals surface area contributed by atoms with Gasteiger partial charge < -0.3 is 15.1 Å². The lowest BCUT2D eigenvalue weighted by molar-refractivity contribution is -0.119. The molecule has 2 aromatic heterocycles. The van der Waals surface area contributed by atoms with Crippen LogP contribution in [-0.4, -0.2) is 56.0 Å². The number of carbonyl (C=O) groups is 2. The summed E-state index contributed by atoms with van der Waals surface area (Å²) in [5, 5.41) is 16.5. The van der Waals surface area contributed by atoms with Gasteiger partial charge in [-0.1, -0.05) is 11.3 Å². The van der Waals surface area contributed by atoms with Gasteiger partial charge in [0.25, 0.3) is 5.91 Å². The fourth-order valence-electron chi connectivity index (χ4n) is 3.39. The molecule has 0 bridgehead atoms. The highest BCUT2D eigenvalue weighted by Gasteiger charge is 2.30. The van der Waals surface area contributed by atoms with Crippen LogP contribution in [0.15, 0.2) is 12.3 Å². The van der Waals surface area contributed by atoms with Crippen molar-refractivity contribution in [3.8, 4) is 6.19 Å². The van der Waals surface area contributed by atoms with E-state index in [0.29, 0.717) is 49.8 Å². The van der Waals surface area contributed by atoms with Gasteiger partial charge in [-0.15, -0.1) is 0 Å². The summed E-state index contributed by atoms with van der Waals surface area (Å²) in [6.45, 7) is 2.14. The highest BCUT2D eigenvalue weighted by atomic mass is 32.1. The summed E-state index contributed by atoms with van der Waals surface area (Å²) in [5.74, 6) is -0.379. The van der Waals surface area contributed by atoms with Crippen LogP contribution >= 0.6 is 11.3 Å². The fourth-order valence-corrected chi connectivity index (χ4v) is 4.41. The number of nitriles is 1. The van der Waals surface area contributed by atoms with Crippen LogP contribution < -0.4 is 5.32 Å². The molecule has 0 unspecified atom stereocenters. The van der Waals surface area contributed by atoms with E-state index in [9.17, 15) is 9.59 Å². The highest BCUT2D eigenvalue weighted by Crippen LogP contribution is 2.29. The maximum atomic E-state index is 12.6. The monoisotopic (exact) mass is 385 g/mol. The first-order valence-electron chi connectivity index (χ1n) is 8.76. The third kappa shape index (κ3) is 3.50. The lowest BCUT2D eigenvalue weighted by atomic mass is 10.1. The number of fused-ring (bicyclic) bond motifs is 1. The standard InChI is InChI=1S/C17H19N7O2S/c1-22-5-3-13(21-22)16(26)24-7-4-12-14(9-24)27-17(19-12)20-15(25)11-2-6-23(8-11)10-18/h3,5,11H,2,4,6-9H2,1H3,(H,19,20,25)/t11-/m0/s1. The molecule has 9 nitrogen and oxygen atoms in total. The Kier molecular flexibility index (Phi) is 4.53. The summed E-state index contributed by atoms with van der Waals surface area (Å²) in [6, 6.07) is 1.71. The smallest absolute Gasteiger partial charge is 0.274 e. The number of hydrogen-bond donors (Lipinski definition) is 1. The maximum Gasteiger partial charge on any atom is 0.274 e. The van der Waals surface area contributed by atoms with Crippen LogP contribution in [0.2, 0.25) is 0 Å². The number of likely N-dealkylation sites (tertiary alicyclic amines) is 1. The summed E-state index contributed by atoms with van der Waals surface area (Å²) in [5.41, 5.74) is 1.37. The molecular weight excluding hydrogens is 366 g/mol. The zero-order valence-electron chi connectivity index (χ0n) is 14.9. The first-order valence-corrected chi connectivity index (χ1v) is 9.58. The second-order valence-electron chi connectivity index (χ2n) is 6.76. The highest BCUT2D eigenvalue weighted by molar-refractivity contribution is 7.15. The maximum absolute atomic E-state index is 12.6. The summed E-state index contributed by atoms with van der Waals surface area (Å²) < 4.78 is 1.61. The number of hydrogen-bond acceptors (Lipinski definition) is 7. The van der Waals surface area contributed by atoms with E-state index < -0.39 is 0 Å². The predicted octanol–water partition coefficient (Wildman–Crippen LogP) is 0.817. The van der Waals surface area contributed by atoms with E-state index in [-0.39, 0.29) is 17.7 Å². The molecule has 2 amide bonds. The Balaban J connectivity index is 1.41. The van der Waals surface area contributed by atoms with Crippen molar-refractivity contribution in [2.75, 3.05) is 25.0 Å². The first-order chi connectivity index (χ1) is 13.0. The molecule has 140 valence electrons. The van der Waals surface area contributed by atoms with Gasteiger partial charge in [-0.3, -0.25) is 14.3 Å². The number of aryl methyl sites for hydroxylation is 1. The van der Waals surface area contributed by atoms with Crippen LogP contribution in [0, 0.1) is 17.4 Å². The SMILES string of the molecule is Cn1ccc(C(=O)N2CCc3nc(NC(=O)[C@H]4CCN(C#N)C4)sc3C2)n1. The molecule has 0 aromatic carbocycles. The lowest BCUT2D eigenvalue weighted by Gasteiger charge is -2.25. The van der Waals surface area contributed by atoms with Crippen molar-refractivity contribution < 1.29 is 9.59 Å². The van der Waals surface area contributed by atoms with Gasteiger partial charge in [0.05, 0.1) is 18.2 Å². The number of nitrogens with zero attached hydrogens (tertiary/aromatic N) is 6.